The third-order valence-corrected chi connectivity index (χ3v) is 5.58. The normalized spacial score (nSPS) is 12.8. The molecule has 1 atom stereocenters. The van der Waals surface area contributed by atoms with Gasteiger partial charge in [-0.25, -0.2) is 13.6 Å². The molecule has 0 saturated heterocycles. The Labute approximate surface area is 151 Å². The van der Waals surface area contributed by atoms with Crippen molar-refractivity contribution in [2.24, 2.45) is 5.14 Å². The second kappa shape index (κ2) is 7.96. The van der Waals surface area contributed by atoms with Gasteiger partial charge in [-0.15, -0.1) is 11.3 Å². The molecule has 1 amide bonds. The third-order valence-electron chi connectivity index (χ3n) is 3.70. The van der Waals surface area contributed by atoms with Crippen LogP contribution in [0.4, 0.5) is 0 Å². The highest BCUT2D eigenvalue weighted by Gasteiger charge is 2.20. The molecule has 25 heavy (non-hydrogen) atoms. The van der Waals surface area contributed by atoms with E-state index in [1.807, 2.05) is 36.5 Å². The van der Waals surface area contributed by atoms with Crippen LogP contribution in [0.1, 0.15) is 21.3 Å². The van der Waals surface area contributed by atoms with E-state index in [9.17, 15) is 13.2 Å². The molecule has 2 aromatic rings. The zero-order valence-corrected chi connectivity index (χ0v) is 15.9. The van der Waals surface area contributed by atoms with Crippen LogP contribution < -0.4 is 15.2 Å². The predicted octanol–water partition coefficient (Wildman–Crippen LogP) is 1.44. The van der Waals surface area contributed by atoms with Gasteiger partial charge in [-0.05, 0) is 43.7 Å². The Morgan fingerprint density at radius 2 is 2.08 bits per heavy atom. The SMILES string of the molecule is COc1ccc(S(N)(=O)=O)cc1C(=O)NC[C@@H](c1cccs1)N(C)C. The van der Waals surface area contributed by atoms with E-state index in [2.05, 4.69) is 5.32 Å². The maximum atomic E-state index is 12.6. The molecule has 0 aliphatic carbocycles. The molecule has 0 bridgehead atoms. The Hall–Kier alpha value is -1.94. The van der Waals surface area contributed by atoms with Crippen LogP contribution in [0, 0.1) is 0 Å². The Balaban J connectivity index is 2.22. The first-order valence-electron chi connectivity index (χ1n) is 7.43. The van der Waals surface area contributed by atoms with E-state index < -0.39 is 15.9 Å². The Bertz CT molecular complexity index is 833. The molecule has 1 aromatic heterocycles. The van der Waals surface area contributed by atoms with Gasteiger partial charge in [-0.3, -0.25) is 4.79 Å². The van der Waals surface area contributed by atoms with Crippen molar-refractivity contribution >= 4 is 27.3 Å². The van der Waals surface area contributed by atoms with Gasteiger partial charge in [-0.1, -0.05) is 6.07 Å². The molecule has 0 unspecified atom stereocenters. The number of hydrogen-bond acceptors (Lipinski definition) is 6. The molecule has 0 saturated carbocycles. The summed E-state index contributed by atoms with van der Waals surface area (Å²) in [6.45, 7) is 0.370. The van der Waals surface area contributed by atoms with E-state index in [1.165, 1.54) is 25.3 Å². The molecule has 7 nitrogen and oxygen atoms in total. The van der Waals surface area contributed by atoms with Crippen LogP contribution in [0.25, 0.3) is 0 Å². The lowest BCUT2D eigenvalue weighted by atomic mass is 10.1. The minimum Gasteiger partial charge on any atom is -0.496 e. The topological polar surface area (TPSA) is 102 Å². The largest absolute Gasteiger partial charge is 0.496 e. The van der Waals surface area contributed by atoms with E-state index in [1.54, 1.807) is 11.3 Å². The summed E-state index contributed by atoms with van der Waals surface area (Å²) in [7, 11) is 1.37. The standard InChI is InChI=1S/C16H21N3O4S2/c1-19(2)13(15-5-4-8-24-15)10-18-16(20)12-9-11(25(17,21)22)6-7-14(12)23-3/h4-9,13H,10H2,1-3H3,(H,18,20)(H2,17,21,22)/t13-/m0/s1. The van der Waals surface area contributed by atoms with Crippen LogP contribution in [0.5, 0.6) is 5.75 Å². The van der Waals surface area contributed by atoms with Crippen LogP contribution in [-0.4, -0.2) is 47.0 Å². The molecule has 1 heterocycles. The highest BCUT2D eigenvalue weighted by molar-refractivity contribution is 7.89. The minimum absolute atomic E-state index is 0.0105. The molecule has 136 valence electrons. The minimum atomic E-state index is -3.91. The zero-order chi connectivity index (χ0) is 18.6. The van der Waals surface area contributed by atoms with Crippen molar-refractivity contribution in [2.45, 2.75) is 10.9 Å². The molecule has 0 aliphatic rings. The number of methoxy groups -OCH3 is 1. The summed E-state index contributed by atoms with van der Waals surface area (Å²) in [5.74, 6) is -0.145. The lowest BCUT2D eigenvalue weighted by Crippen LogP contribution is -2.34. The molecule has 0 fully saturated rings. The van der Waals surface area contributed by atoms with Gasteiger partial charge >= 0.3 is 0 Å². The fraction of sp³-hybridized carbons (Fsp3) is 0.312. The van der Waals surface area contributed by atoms with Crippen molar-refractivity contribution in [3.63, 3.8) is 0 Å². The van der Waals surface area contributed by atoms with Crippen LogP contribution in [0.2, 0.25) is 0 Å². The number of ether oxygens (including phenoxy) is 1. The van der Waals surface area contributed by atoms with E-state index in [0.29, 0.717) is 6.54 Å². The number of sulfonamides is 1. The van der Waals surface area contributed by atoms with Crippen LogP contribution >= 0.6 is 11.3 Å². The van der Waals surface area contributed by atoms with Crippen molar-refractivity contribution in [1.82, 2.24) is 10.2 Å². The number of carbonyl (C=O) groups is 1. The molecule has 9 heteroatoms. The number of benzene rings is 1. The third kappa shape index (κ3) is 4.79. The maximum absolute atomic E-state index is 12.6. The van der Waals surface area contributed by atoms with Gasteiger partial charge in [0.1, 0.15) is 5.75 Å². The van der Waals surface area contributed by atoms with Gasteiger partial charge in [0.25, 0.3) is 5.91 Å². The number of amides is 1. The van der Waals surface area contributed by atoms with Crippen LogP contribution in [0.3, 0.4) is 0 Å². The summed E-state index contributed by atoms with van der Waals surface area (Å²) in [6.07, 6.45) is 0. The van der Waals surface area contributed by atoms with E-state index in [0.717, 1.165) is 4.88 Å². The maximum Gasteiger partial charge on any atom is 0.255 e. The molecule has 3 N–H and O–H groups in total. The van der Waals surface area contributed by atoms with Gasteiger partial charge < -0.3 is 15.0 Å². The molecule has 0 spiro atoms. The number of nitrogens with zero attached hydrogens (tertiary/aromatic N) is 1. The summed E-state index contributed by atoms with van der Waals surface area (Å²) < 4.78 is 28.2. The molecule has 1 aromatic carbocycles. The van der Waals surface area contributed by atoms with Gasteiger partial charge in [0.15, 0.2) is 0 Å². The van der Waals surface area contributed by atoms with Gasteiger partial charge in [-0.2, -0.15) is 0 Å². The fourth-order valence-corrected chi connectivity index (χ4v) is 3.81. The van der Waals surface area contributed by atoms with Gasteiger partial charge in [0.05, 0.1) is 23.6 Å². The van der Waals surface area contributed by atoms with E-state index >= 15 is 0 Å². The smallest absolute Gasteiger partial charge is 0.255 e. The fourth-order valence-electron chi connectivity index (χ4n) is 2.34. The number of likely N-dealkylation sites (N-methyl/N-ethyl adjacent to an activating group) is 1. The summed E-state index contributed by atoms with van der Waals surface area (Å²) in [6, 6.07) is 7.91. The lowest BCUT2D eigenvalue weighted by molar-refractivity contribution is 0.0939. The number of carbonyl (C=O) groups excluding carboxylic acids is 1. The number of nitrogens with one attached hydrogen (secondary N) is 1. The Morgan fingerprint density at radius 3 is 2.60 bits per heavy atom. The quantitative estimate of drug-likeness (QED) is 0.753. The first-order valence-corrected chi connectivity index (χ1v) is 9.85. The first kappa shape index (κ1) is 19.4. The number of hydrogen-bond donors (Lipinski definition) is 2. The first-order chi connectivity index (χ1) is 11.7. The Kier molecular flexibility index (Phi) is 6.17. The summed E-state index contributed by atoms with van der Waals surface area (Å²) >= 11 is 1.61. The average molecular weight is 383 g/mol. The number of thiophene rings is 1. The summed E-state index contributed by atoms with van der Waals surface area (Å²) in [4.78, 5) is 15.5. The summed E-state index contributed by atoms with van der Waals surface area (Å²) in [5, 5.41) is 9.95. The molecule has 2 rings (SSSR count). The number of primary sulfonamides is 1. The predicted molar refractivity (Wildman–Crippen MR) is 97.4 cm³/mol. The van der Waals surface area contributed by atoms with E-state index in [-0.39, 0.29) is 22.3 Å². The van der Waals surface area contributed by atoms with Gasteiger partial charge in [0.2, 0.25) is 10.0 Å². The van der Waals surface area contributed by atoms with Crippen molar-refractivity contribution < 1.29 is 17.9 Å². The second-order valence-corrected chi connectivity index (χ2v) is 8.15. The lowest BCUT2D eigenvalue weighted by Gasteiger charge is -2.23. The monoisotopic (exact) mass is 383 g/mol. The van der Waals surface area contributed by atoms with Crippen molar-refractivity contribution in [2.75, 3.05) is 27.7 Å². The number of rotatable bonds is 7. The molecule has 0 radical (unpaired) electrons. The van der Waals surface area contributed by atoms with Crippen molar-refractivity contribution in [3.8, 4) is 5.75 Å². The van der Waals surface area contributed by atoms with Crippen molar-refractivity contribution in [3.05, 3.63) is 46.2 Å². The Morgan fingerprint density at radius 1 is 1.36 bits per heavy atom. The van der Waals surface area contributed by atoms with Crippen LogP contribution in [-0.2, 0) is 10.0 Å². The highest BCUT2D eigenvalue weighted by atomic mass is 32.2. The molecule has 0 aliphatic heterocycles. The van der Waals surface area contributed by atoms with E-state index in [4.69, 9.17) is 9.88 Å². The van der Waals surface area contributed by atoms with Crippen molar-refractivity contribution in [1.29, 1.82) is 0 Å². The zero-order valence-electron chi connectivity index (χ0n) is 14.2. The summed E-state index contributed by atoms with van der Waals surface area (Å²) in [5.41, 5.74) is 0.123. The van der Waals surface area contributed by atoms with Gasteiger partial charge in [0, 0.05) is 11.4 Å². The molecular weight excluding hydrogens is 362 g/mol. The van der Waals surface area contributed by atoms with Crippen LogP contribution in [0.15, 0.2) is 40.6 Å². The molecular formula is C16H21N3O4S2. The highest BCUT2D eigenvalue weighted by Crippen LogP contribution is 2.24. The second-order valence-electron chi connectivity index (χ2n) is 5.61. The number of nitrogens with two attached hydrogens (primary N) is 1. The average Bonchev–Trinajstić information content (AvgIpc) is 3.07.